The molecule has 7 heteroatoms. The van der Waals surface area contributed by atoms with Gasteiger partial charge in [-0.3, -0.25) is 9.59 Å². The van der Waals surface area contributed by atoms with Crippen LogP contribution in [-0.4, -0.2) is 42.5 Å². The van der Waals surface area contributed by atoms with Crippen LogP contribution in [0.3, 0.4) is 0 Å². The Labute approximate surface area is 212 Å². The van der Waals surface area contributed by atoms with E-state index in [9.17, 15) is 9.59 Å². The van der Waals surface area contributed by atoms with Crippen molar-refractivity contribution >= 4 is 27.7 Å². The van der Waals surface area contributed by atoms with Gasteiger partial charge >= 0.3 is 0 Å². The molecule has 0 radical (unpaired) electrons. The van der Waals surface area contributed by atoms with E-state index in [1.54, 1.807) is 11.8 Å². The van der Waals surface area contributed by atoms with Crippen LogP contribution < -0.4 is 14.8 Å². The molecule has 0 heterocycles. The van der Waals surface area contributed by atoms with Crippen LogP contribution >= 0.6 is 15.9 Å². The zero-order valence-corrected chi connectivity index (χ0v) is 22.3. The molecule has 34 heavy (non-hydrogen) atoms. The van der Waals surface area contributed by atoms with E-state index in [1.165, 1.54) is 0 Å². The van der Waals surface area contributed by atoms with Gasteiger partial charge in [0.25, 0.3) is 0 Å². The lowest BCUT2D eigenvalue weighted by Gasteiger charge is -2.29. The molecule has 0 aliphatic rings. The van der Waals surface area contributed by atoms with Gasteiger partial charge in [0.2, 0.25) is 11.8 Å². The monoisotopic (exact) mass is 532 g/mol. The lowest BCUT2D eigenvalue weighted by molar-refractivity contribution is -0.140. The molecule has 0 bridgehead atoms. The fourth-order valence-corrected chi connectivity index (χ4v) is 3.82. The van der Waals surface area contributed by atoms with Gasteiger partial charge in [-0.2, -0.15) is 0 Å². The number of carbonyl (C=O) groups is 2. The highest BCUT2D eigenvalue weighted by molar-refractivity contribution is 9.10. The Morgan fingerprint density at radius 2 is 1.62 bits per heavy atom. The van der Waals surface area contributed by atoms with Gasteiger partial charge in [-0.25, -0.2) is 0 Å². The average molecular weight is 534 g/mol. The smallest absolute Gasteiger partial charge is 0.242 e. The highest BCUT2D eigenvalue weighted by Crippen LogP contribution is 2.29. The minimum Gasteiger partial charge on any atom is -0.490 e. The van der Waals surface area contributed by atoms with Crippen LogP contribution in [0, 0.1) is 0 Å². The summed E-state index contributed by atoms with van der Waals surface area (Å²) < 4.78 is 12.3. The molecule has 0 saturated carbocycles. The van der Waals surface area contributed by atoms with E-state index in [4.69, 9.17) is 9.47 Å². The van der Waals surface area contributed by atoms with Gasteiger partial charge in [0.15, 0.2) is 11.5 Å². The molecule has 1 atom stereocenters. The van der Waals surface area contributed by atoms with E-state index in [0.29, 0.717) is 50.6 Å². The number of hydrogen-bond donors (Lipinski definition) is 1. The van der Waals surface area contributed by atoms with Crippen molar-refractivity contribution in [2.75, 3.05) is 19.8 Å². The van der Waals surface area contributed by atoms with E-state index in [0.717, 1.165) is 28.4 Å². The lowest BCUT2D eigenvalue weighted by atomic mass is 10.1. The molecular formula is C27H37BrN2O4. The van der Waals surface area contributed by atoms with Crippen molar-refractivity contribution in [3.8, 4) is 11.5 Å². The first-order chi connectivity index (χ1) is 16.4. The predicted octanol–water partition coefficient (Wildman–Crippen LogP) is 5.51. The molecular weight excluding hydrogens is 496 g/mol. The fourth-order valence-electron chi connectivity index (χ4n) is 3.55. The van der Waals surface area contributed by atoms with Crippen LogP contribution in [0.2, 0.25) is 0 Å². The molecule has 2 amide bonds. The second-order valence-corrected chi connectivity index (χ2v) is 9.03. The van der Waals surface area contributed by atoms with Crippen LogP contribution in [0.25, 0.3) is 0 Å². The number of amides is 2. The quantitative estimate of drug-likeness (QED) is 0.325. The normalized spacial score (nSPS) is 11.6. The molecule has 0 aliphatic carbocycles. The first-order valence-electron chi connectivity index (χ1n) is 12.1. The van der Waals surface area contributed by atoms with E-state index in [2.05, 4.69) is 28.2 Å². The fraction of sp³-hybridized carbons (Fsp3) is 0.481. The summed E-state index contributed by atoms with van der Waals surface area (Å²) in [6, 6.07) is 13.0. The second kappa shape index (κ2) is 14.7. The van der Waals surface area contributed by atoms with Crippen molar-refractivity contribution in [1.29, 1.82) is 0 Å². The number of aryl methyl sites for hydroxylation is 1. The molecule has 186 valence electrons. The van der Waals surface area contributed by atoms with Crippen molar-refractivity contribution in [3.63, 3.8) is 0 Å². The number of benzene rings is 2. The largest absolute Gasteiger partial charge is 0.490 e. The molecule has 0 fully saturated rings. The summed E-state index contributed by atoms with van der Waals surface area (Å²) in [5.41, 5.74) is 1.97. The Balaban J connectivity index is 2.14. The van der Waals surface area contributed by atoms with Gasteiger partial charge in [-0.05, 0) is 69.0 Å². The van der Waals surface area contributed by atoms with Crippen LogP contribution in [0.4, 0.5) is 0 Å². The summed E-state index contributed by atoms with van der Waals surface area (Å²) in [7, 11) is 0. The van der Waals surface area contributed by atoms with E-state index in [1.807, 2.05) is 56.3 Å². The average Bonchev–Trinajstić information content (AvgIpc) is 2.83. The Hall–Kier alpha value is -2.54. The summed E-state index contributed by atoms with van der Waals surface area (Å²) in [5.74, 6) is 1.20. The standard InChI is InChI=1S/C27H37BrN2O4/c1-5-8-17-29-27(32)20(4)30(19-22-9-13-23(28)14-10-22)26(31)16-12-21-11-15-24(33-6-2)25(18-21)34-7-3/h9-11,13-15,18,20H,5-8,12,16-17,19H2,1-4H3,(H,29,32)/t20-/m1/s1. The van der Waals surface area contributed by atoms with Gasteiger partial charge in [-0.15, -0.1) is 0 Å². The molecule has 2 aromatic rings. The molecule has 1 N–H and O–H groups in total. The van der Waals surface area contributed by atoms with Gasteiger partial charge in [0.05, 0.1) is 13.2 Å². The SMILES string of the molecule is CCCCNC(=O)[C@@H](C)N(Cc1ccc(Br)cc1)C(=O)CCc1ccc(OCC)c(OCC)c1. The maximum Gasteiger partial charge on any atom is 0.242 e. The van der Waals surface area contributed by atoms with Crippen molar-refractivity contribution < 1.29 is 19.1 Å². The molecule has 0 spiro atoms. The van der Waals surface area contributed by atoms with Crippen LogP contribution in [0.1, 0.15) is 58.1 Å². The Kier molecular flexibility index (Phi) is 11.9. The minimum atomic E-state index is -0.563. The van der Waals surface area contributed by atoms with Crippen molar-refractivity contribution in [3.05, 3.63) is 58.1 Å². The first kappa shape index (κ1) is 27.7. The van der Waals surface area contributed by atoms with E-state index in [-0.39, 0.29) is 11.8 Å². The summed E-state index contributed by atoms with van der Waals surface area (Å²) in [6.45, 7) is 9.82. The lowest BCUT2D eigenvalue weighted by Crippen LogP contribution is -2.47. The highest BCUT2D eigenvalue weighted by Gasteiger charge is 2.25. The summed E-state index contributed by atoms with van der Waals surface area (Å²) in [5, 5.41) is 2.96. The molecule has 0 unspecified atom stereocenters. The summed E-state index contributed by atoms with van der Waals surface area (Å²) >= 11 is 3.45. The number of carbonyl (C=O) groups excluding carboxylic acids is 2. The highest BCUT2D eigenvalue weighted by atomic mass is 79.9. The van der Waals surface area contributed by atoms with Crippen molar-refractivity contribution in [2.24, 2.45) is 0 Å². The molecule has 0 aromatic heterocycles. The van der Waals surface area contributed by atoms with Gasteiger partial charge in [0, 0.05) is 24.0 Å². The number of nitrogens with one attached hydrogen (secondary N) is 1. The van der Waals surface area contributed by atoms with E-state index >= 15 is 0 Å². The van der Waals surface area contributed by atoms with Gasteiger partial charge < -0.3 is 19.7 Å². The maximum atomic E-state index is 13.3. The number of rotatable bonds is 14. The van der Waals surface area contributed by atoms with Crippen LogP contribution in [0.5, 0.6) is 11.5 Å². The molecule has 0 saturated heterocycles. The zero-order chi connectivity index (χ0) is 24.9. The maximum absolute atomic E-state index is 13.3. The van der Waals surface area contributed by atoms with Gasteiger partial charge in [0.1, 0.15) is 6.04 Å². The summed E-state index contributed by atoms with van der Waals surface area (Å²) in [6.07, 6.45) is 2.76. The minimum absolute atomic E-state index is 0.0621. The summed E-state index contributed by atoms with van der Waals surface area (Å²) in [4.78, 5) is 27.7. The Bertz CT molecular complexity index is 917. The van der Waals surface area contributed by atoms with Crippen molar-refractivity contribution in [1.82, 2.24) is 10.2 Å². The Morgan fingerprint density at radius 3 is 2.26 bits per heavy atom. The number of nitrogens with zero attached hydrogens (tertiary/aromatic N) is 1. The second-order valence-electron chi connectivity index (χ2n) is 8.12. The molecule has 0 aliphatic heterocycles. The van der Waals surface area contributed by atoms with Crippen molar-refractivity contribution in [2.45, 2.75) is 66.0 Å². The van der Waals surface area contributed by atoms with Crippen LogP contribution in [0.15, 0.2) is 46.9 Å². The predicted molar refractivity (Wildman–Crippen MR) is 139 cm³/mol. The number of unbranched alkanes of at least 4 members (excludes halogenated alkanes) is 1. The molecule has 2 aromatic carbocycles. The zero-order valence-electron chi connectivity index (χ0n) is 20.7. The van der Waals surface area contributed by atoms with Gasteiger partial charge in [-0.1, -0.05) is 47.5 Å². The number of halogens is 1. The molecule has 6 nitrogen and oxygen atoms in total. The first-order valence-corrected chi connectivity index (χ1v) is 12.9. The van der Waals surface area contributed by atoms with Crippen LogP contribution in [-0.2, 0) is 22.6 Å². The number of ether oxygens (including phenoxy) is 2. The Morgan fingerprint density at radius 1 is 0.971 bits per heavy atom. The van der Waals surface area contributed by atoms with E-state index < -0.39 is 6.04 Å². The molecule has 2 rings (SSSR count). The topological polar surface area (TPSA) is 67.9 Å². The third-order valence-electron chi connectivity index (χ3n) is 5.50. The third kappa shape index (κ3) is 8.67. The third-order valence-corrected chi connectivity index (χ3v) is 6.03. The number of hydrogen-bond acceptors (Lipinski definition) is 4.